The minimum Gasteiger partial charge on any atom is -0.379 e. The molecule has 15 heavy (non-hydrogen) atoms. The van der Waals surface area contributed by atoms with Gasteiger partial charge < -0.3 is 19.9 Å². The fourth-order valence-electron chi connectivity index (χ4n) is 1.83. The zero-order valence-corrected chi connectivity index (χ0v) is 9.65. The summed E-state index contributed by atoms with van der Waals surface area (Å²) in [6.45, 7) is 4.70. The van der Waals surface area contributed by atoms with Gasteiger partial charge in [0, 0.05) is 40.4 Å². The Balaban J connectivity index is 2.16. The molecule has 0 amide bonds. The Kier molecular flexibility index (Phi) is 6.12. The van der Waals surface area contributed by atoms with Crippen LogP contribution in [0.5, 0.6) is 0 Å². The summed E-state index contributed by atoms with van der Waals surface area (Å²) >= 11 is 0. The maximum atomic E-state index is 5.34. The van der Waals surface area contributed by atoms with Crippen LogP contribution in [0.25, 0.3) is 0 Å². The number of rotatable bonds is 7. The molecule has 0 aliphatic carbocycles. The van der Waals surface area contributed by atoms with Crippen LogP contribution < -0.4 is 5.73 Å². The van der Waals surface area contributed by atoms with E-state index in [-0.39, 0.29) is 12.2 Å². The molecule has 1 heterocycles. The largest absolute Gasteiger partial charge is 0.379 e. The number of hydrogen-bond donors (Lipinski definition) is 1. The van der Waals surface area contributed by atoms with E-state index in [1.165, 1.54) is 0 Å². The lowest BCUT2D eigenvalue weighted by atomic mass is 10.3. The van der Waals surface area contributed by atoms with Crippen molar-refractivity contribution in [2.75, 3.05) is 53.6 Å². The summed E-state index contributed by atoms with van der Waals surface area (Å²) in [5.74, 6) is 0. The highest BCUT2D eigenvalue weighted by atomic mass is 16.5. The van der Waals surface area contributed by atoms with Crippen LogP contribution in [0.1, 0.15) is 0 Å². The minimum atomic E-state index is 0.185. The summed E-state index contributed by atoms with van der Waals surface area (Å²) in [5, 5.41) is 0. The molecule has 0 saturated carbocycles. The van der Waals surface area contributed by atoms with Gasteiger partial charge in [-0.05, 0) is 0 Å². The van der Waals surface area contributed by atoms with Gasteiger partial charge in [0.05, 0.1) is 25.4 Å². The van der Waals surface area contributed by atoms with E-state index < -0.39 is 0 Å². The lowest BCUT2D eigenvalue weighted by Gasteiger charge is -2.14. The van der Waals surface area contributed by atoms with Crippen LogP contribution in [0.15, 0.2) is 0 Å². The van der Waals surface area contributed by atoms with Crippen LogP contribution in [0.2, 0.25) is 0 Å². The number of hydrogen-bond acceptors (Lipinski definition) is 5. The van der Waals surface area contributed by atoms with Gasteiger partial charge in [-0.1, -0.05) is 0 Å². The molecule has 0 aromatic rings. The predicted molar refractivity (Wildman–Crippen MR) is 57.9 cm³/mol. The average molecular weight is 218 g/mol. The Morgan fingerprint density at radius 3 is 2.20 bits per heavy atom. The molecule has 0 aromatic carbocycles. The first-order chi connectivity index (χ1) is 7.31. The summed E-state index contributed by atoms with van der Waals surface area (Å²) in [6.07, 6.45) is 0.369. The minimum absolute atomic E-state index is 0.185. The van der Waals surface area contributed by atoms with Gasteiger partial charge in [0.2, 0.25) is 0 Å². The average Bonchev–Trinajstić information content (AvgIpc) is 2.67. The summed E-state index contributed by atoms with van der Waals surface area (Å²) < 4.78 is 16.0. The third-order valence-electron chi connectivity index (χ3n) is 2.71. The van der Waals surface area contributed by atoms with Crippen LogP contribution in [0.3, 0.4) is 0 Å². The number of nitrogens with zero attached hydrogens (tertiary/aromatic N) is 1. The fraction of sp³-hybridized carbons (Fsp3) is 1.00. The molecule has 0 bridgehead atoms. The molecule has 1 aliphatic rings. The maximum absolute atomic E-state index is 5.34. The Labute approximate surface area is 91.5 Å². The smallest absolute Gasteiger partial charge is 0.0971 e. The second-order valence-corrected chi connectivity index (χ2v) is 3.71. The molecule has 2 unspecified atom stereocenters. The van der Waals surface area contributed by atoms with Crippen LogP contribution >= 0.6 is 0 Å². The number of ether oxygens (including phenoxy) is 3. The van der Waals surface area contributed by atoms with Gasteiger partial charge in [-0.15, -0.1) is 0 Å². The van der Waals surface area contributed by atoms with Gasteiger partial charge in [-0.25, -0.2) is 0 Å². The fourth-order valence-corrected chi connectivity index (χ4v) is 1.83. The van der Waals surface area contributed by atoms with Gasteiger partial charge >= 0.3 is 0 Å². The van der Waals surface area contributed by atoms with Crippen LogP contribution in [-0.4, -0.2) is 70.7 Å². The molecular weight excluding hydrogens is 196 g/mol. The van der Waals surface area contributed by atoms with E-state index in [0.717, 1.165) is 26.2 Å². The van der Waals surface area contributed by atoms with Gasteiger partial charge in [0.25, 0.3) is 0 Å². The van der Waals surface area contributed by atoms with E-state index >= 15 is 0 Å². The topological polar surface area (TPSA) is 57.0 Å². The first-order valence-electron chi connectivity index (χ1n) is 5.37. The molecular formula is C10H22N2O3. The van der Waals surface area contributed by atoms with Gasteiger partial charge in [-0.3, -0.25) is 4.90 Å². The molecule has 1 rings (SSSR count). The van der Waals surface area contributed by atoms with E-state index in [0.29, 0.717) is 13.2 Å². The molecule has 5 heteroatoms. The van der Waals surface area contributed by atoms with Gasteiger partial charge in [0.15, 0.2) is 0 Å². The van der Waals surface area contributed by atoms with Crippen LogP contribution in [0, 0.1) is 0 Å². The highest BCUT2D eigenvalue weighted by Crippen LogP contribution is 2.14. The Bertz CT molecular complexity index is 157. The Morgan fingerprint density at radius 2 is 1.73 bits per heavy atom. The van der Waals surface area contributed by atoms with Gasteiger partial charge in [0.1, 0.15) is 0 Å². The number of likely N-dealkylation sites (tertiary alicyclic amines) is 1. The monoisotopic (exact) mass is 218 g/mol. The molecule has 0 aromatic heterocycles. The van der Waals surface area contributed by atoms with Crippen molar-refractivity contribution in [2.45, 2.75) is 12.2 Å². The molecule has 0 radical (unpaired) electrons. The summed E-state index contributed by atoms with van der Waals surface area (Å²) in [7, 11) is 3.45. The quantitative estimate of drug-likeness (QED) is 0.573. The highest BCUT2D eigenvalue weighted by molar-refractivity contribution is 4.85. The Hall–Kier alpha value is -0.200. The first-order valence-corrected chi connectivity index (χ1v) is 5.37. The van der Waals surface area contributed by atoms with Crippen molar-refractivity contribution >= 4 is 0 Å². The van der Waals surface area contributed by atoms with Crippen molar-refractivity contribution in [3.63, 3.8) is 0 Å². The number of methoxy groups -OCH3 is 2. The summed E-state index contributed by atoms with van der Waals surface area (Å²) in [4.78, 5) is 2.29. The zero-order chi connectivity index (χ0) is 11.1. The first kappa shape index (κ1) is 12.9. The van der Waals surface area contributed by atoms with Gasteiger partial charge in [-0.2, -0.15) is 0 Å². The highest BCUT2D eigenvalue weighted by Gasteiger charge is 2.32. The van der Waals surface area contributed by atoms with Crippen LogP contribution in [0.4, 0.5) is 0 Å². The van der Waals surface area contributed by atoms with Crippen molar-refractivity contribution in [3.8, 4) is 0 Å². The van der Waals surface area contributed by atoms with Crippen molar-refractivity contribution in [1.29, 1.82) is 0 Å². The molecule has 90 valence electrons. The second-order valence-electron chi connectivity index (χ2n) is 3.71. The summed E-state index contributed by atoms with van der Waals surface area (Å²) in [5.41, 5.74) is 5.33. The maximum Gasteiger partial charge on any atom is 0.0971 e. The zero-order valence-electron chi connectivity index (χ0n) is 9.65. The lowest BCUT2D eigenvalue weighted by molar-refractivity contribution is -0.00461. The second kappa shape index (κ2) is 7.14. The van der Waals surface area contributed by atoms with Crippen molar-refractivity contribution in [2.24, 2.45) is 5.73 Å². The van der Waals surface area contributed by atoms with E-state index in [9.17, 15) is 0 Å². The van der Waals surface area contributed by atoms with E-state index in [2.05, 4.69) is 4.90 Å². The van der Waals surface area contributed by atoms with Crippen molar-refractivity contribution in [3.05, 3.63) is 0 Å². The van der Waals surface area contributed by atoms with Crippen molar-refractivity contribution in [1.82, 2.24) is 4.90 Å². The van der Waals surface area contributed by atoms with E-state index in [1.54, 1.807) is 14.2 Å². The standard InChI is InChI=1S/C10H22N2O3/c1-13-9-7-12(8-10(9)14-2)4-6-15-5-3-11/h9-10H,3-8,11H2,1-2H3. The predicted octanol–water partition coefficient (Wildman–Crippen LogP) is -0.693. The summed E-state index contributed by atoms with van der Waals surface area (Å²) in [6, 6.07) is 0. The molecule has 1 fully saturated rings. The molecule has 2 atom stereocenters. The van der Waals surface area contributed by atoms with E-state index in [1.807, 2.05) is 0 Å². The molecule has 1 aliphatic heterocycles. The third-order valence-corrected chi connectivity index (χ3v) is 2.71. The molecule has 2 N–H and O–H groups in total. The Morgan fingerprint density at radius 1 is 1.13 bits per heavy atom. The normalized spacial score (nSPS) is 27.4. The SMILES string of the molecule is COC1CN(CCOCCN)CC1OC. The number of nitrogens with two attached hydrogens (primary N) is 1. The third kappa shape index (κ3) is 4.04. The van der Waals surface area contributed by atoms with Crippen molar-refractivity contribution < 1.29 is 14.2 Å². The molecule has 1 saturated heterocycles. The molecule has 5 nitrogen and oxygen atoms in total. The van der Waals surface area contributed by atoms with E-state index in [4.69, 9.17) is 19.9 Å². The van der Waals surface area contributed by atoms with Crippen LogP contribution in [-0.2, 0) is 14.2 Å². The molecule has 0 spiro atoms. The lowest BCUT2D eigenvalue weighted by Crippen LogP contribution is -2.27.